The SMILES string of the molecule is OCC1(CCc2cccs2)CCOC1. The number of rotatable bonds is 4. The molecule has 78 valence electrons. The van der Waals surface area contributed by atoms with E-state index in [0.717, 1.165) is 32.5 Å². The highest BCUT2D eigenvalue weighted by Gasteiger charge is 2.33. The van der Waals surface area contributed by atoms with E-state index in [1.807, 2.05) is 0 Å². The Labute approximate surface area is 88.5 Å². The lowest BCUT2D eigenvalue weighted by molar-refractivity contribution is 0.0869. The van der Waals surface area contributed by atoms with E-state index in [4.69, 9.17) is 4.74 Å². The molecule has 0 spiro atoms. The summed E-state index contributed by atoms with van der Waals surface area (Å²) in [6.45, 7) is 1.80. The van der Waals surface area contributed by atoms with Gasteiger partial charge in [-0.25, -0.2) is 0 Å². The topological polar surface area (TPSA) is 29.5 Å². The highest BCUT2D eigenvalue weighted by atomic mass is 32.1. The van der Waals surface area contributed by atoms with Crippen molar-refractivity contribution in [3.63, 3.8) is 0 Å². The minimum atomic E-state index is 0.0456. The molecule has 0 saturated carbocycles. The first-order valence-corrected chi connectivity index (χ1v) is 5.94. The molecule has 3 heteroatoms. The monoisotopic (exact) mass is 212 g/mol. The molecule has 0 aliphatic carbocycles. The van der Waals surface area contributed by atoms with Crippen LogP contribution in [0.3, 0.4) is 0 Å². The molecule has 0 radical (unpaired) electrons. The third kappa shape index (κ3) is 2.16. The van der Waals surface area contributed by atoms with Crippen molar-refractivity contribution in [2.24, 2.45) is 5.41 Å². The summed E-state index contributed by atoms with van der Waals surface area (Å²) in [5.74, 6) is 0. The molecule has 0 bridgehead atoms. The lowest BCUT2D eigenvalue weighted by Gasteiger charge is -2.23. The first-order valence-electron chi connectivity index (χ1n) is 5.06. The van der Waals surface area contributed by atoms with E-state index in [0.29, 0.717) is 0 Å². The van der Waals surface area contributed by atoms with E-state index < -0.39 is 0 Å². The number of aliphatic hydroxyl groups is 1. The molecule has 1 aliphatic heterocycles. The highest BCUT2D eigenvalue weighted by Crippen LogP contribution is 2.33. The number of ether oxygens (including phenoxy) is 1. The lowest BCUT2D eigenvalue weighted by Crippen LogP contribution is -2.26. The van der Waals surface area contributed by atoms with Crippen LogP contribution in [0.25, 0.3) is 0 Å². The van der Waals surface area contributed by atoms with Crippen molar-refractivity contribution >= 4 is 11.3 Å². The van der Waals surface area contributed by atoms with Crippen LogP contribution in [0, 0.1) is 5.41 Å². The highest BCUT2D eigenvalue weighted by molar-refractivity contribution is 7.09. The van der Waals surface area contributed by atoms with E-state index >= 15 is 0 Å². The molecular formula is C11H16O2S. The molecule has 1 unspecified atom stereocenters. The van der Waals surface area contributed by atoms with E-state index in [1.54, 1.807) is 11.3 Å². The molecule has 1 aliphatic rings. The maximum atomic E-state index is 9.37. The van der Waals surface area contributed by atoms with Crippen LogP contribution in [-0.4, -0.2) is 24.9 Å². The first kappa shape index (κ1) is 10.1. The Bertz CT molecular complexity index is 263. The molecule has 1 saturated heterocycles. The van der Waals surface area contributed by atoms with Gasteiger partial charge in [0.25, 0.3) is 0 Å². The standard InChI is InChI=1S/C11H16O2S/c12-8-11(5-6-13-9-11)4-3-10-2-1-7-14-10/h1-2,7,12H,3-6,8-9H2. The Morgan fingerprint density at radius 1 is 1.57 bits per heavy atom. The van der Waals surface area contributed by atoms with Crippen LogP contribution >= 0.6 is 11.3 Å². The van der Waals surface area contributed by atoms with Crippen LogP contribution in [0.5, 0.6) is 0 Å². The average Bonchev–Trinajstić information content (AvgIpc) is 2.87. The van der Waals surface area contributed by atoms with Crippen LogP contribution in [0.1, 0.15) is 17.7 Å². The van der Waals surface area contributed by atoms with Gasteiger partial charge in [-0.3, -0.25) is 0 Å². The van der Waals surface area contributed by atoms with E-state index in [2.05, 4.69) is 17.5 Å². The summed E-state index contributed by atoms with van der Waals surface area (Å²) < 4.78 is 5.36. The normalized spacial score (nSPS) is 26.9. The fraction of sp³-hybridized carbons (Fsp3) is 0.636. The zero-order valence-electron chi connectivity index (χ0n) is 8.24. The molecule has 1 N–H and O–H groups in total. The quantitative estimate of drug-likeness (QED) is 0.828. The first-order chi connectivity index (χ1) is 6.85. The van der Waals surface area contributed by atoms with Crippen LogP contribution < -0.4 is 0 Å². The number of hydrogen-bond donors (Lipinski definition) is 1. The average molecular weight is 212 g/mol. The summed E-state index contributed by atoms with van der Waals surface area (Å²) in [7, 11) is 0. The molecule has 14 heavy (non-hydrogen) atoms. The summed E-state index contributed by atoms with van der Waals surface area (Å²) in [4.78, 5) is 1.41. The van der Waals surface area contributed by atoms with Gasteiger partial charge in [-0.2, -0.15) is 0 Å². The second-order valence-electron chi connectivity index (χ2n) is 4.04. The Morgan fingerprint density at radius 3 is 3.07 bits per heavy atom. The van der Waals surface area contributed by atoms with E-state index in [1.165, 1.54) is 4.88 Å². The maximum absolute atomic E-state index is 9.37. The molecule has 2 nitrogen and oxygen atoms in total. The van der Waals surface area contributed by atoms with Gasteiger partial charge in [0.2, 0.25) is 0 Å². The minimum Gasteiger partial charge on any atom is -0.396 e. The summed E-state index contributed by atoms with van der Waals surface area (Å²) >= 11 is 1.79. The predicted molar refractivity (Wildman–Crippen MR) is 57.6 cm³/mol. The van der Waals surface area contributed by atoms with Crippen molar-refractivity contribution in [3.8, 4) is 0 Å². The molecule has 2 rings (SSSR count). The Balaban J connectivity index is 1.89. The predicted octanol–water partition coefficient (Wildman–Crippen LogP) is 2.08. The summed E-state index contributed by atoms with van der Waals surface area (Å²) in [5, 5.41) is 11.5. The molecule has 1 aromatic rings. The molecule has 1 aromatic heterocycles. The molecule has 2 heterocycles. The van der Waals surface area contributed by atoms with Gasteiger partial charge in [-0.05, 0) is 30.7 Å². The van der Waals surface area contributed by atoms with Crippen LogP contribution in [0.4, 0.5) is 0 Å². The fourth-order valence-electron chi connectivity index (χ4n) is 1.89. The summed E-state index contributed by atoms with van der Waals surface area (Å²) in [5.41, 5.74) is 0.0456. The van der Waals surface area contributed by atoms with Gasteiger partial charge in [0.1, 0.15) is 0 Å². The second-order valence-corrected chi connectivity index (χ2v) is 5.07. The van der Waals surface area contributed by atoms with Gasteiger partial charge in [-0.1, -0.05) is 6.07 Å². The molecular weight excluding hydrogens is 196 g/mol. The minimum absolute atomic E-state index is 0.0456. The zero-order chi connectivity index (χ0) is 9.86. The van der Waals surface area contributed by atoms with Crippen molar-refractivity contribution in [1.82, 2.24) is 0 Å². The Hall–Kier alpha value is -0.380. The molecule has 0 aromatic carbocycles. The Morgan fingerprint density at radius 2 is 2.50 bits per heavy atom. The number of thiophene rings is 1. The Kier molecular flexibility index (Phi) is 3.21. The van der Waals surface area contributed by atoms with Gasteiger partial charge in [0.05, 0.1) is 13.2 Å². The van der Waals surface area contributed by atoms with E-state index in [9.17, 15) is 5.11 Å². The number of aliphatic hydroxyl groups excluding tert-OH is 1. The van der Waals surface area contributed by atoms with Gasteiger partial charge in [0.15, 0.2) is 0 Å². The summed E-state index contributed by atoms with van der Waals surface area (Å²) in [6.07, 6.45) is 3.13. The van der Waals surface area contributed by atoms with Crippen molar-refractivity contribution in [2.75, 3.05) is 19.8 Å². The smallest absolute Gasteiger partial charge is 0.0545 e. The van der Waals surface area contributed by atoms with E-state index in [-0.39, 0.29) is 12.0 Å². The largest absolute Gasteiger partial charge is 0.396 e. The molecule has 0 amide bonds. The van der Waals surface area contributed by atoms with Crippen LogP contribution in [0.15, 0.2) is 17.5 Å². The lowest BCUT2D eigenvalue weighted by atomic mass is 9.83. The molecule has 1 atom stereocenters. The van der Waals surface area contributed by atoms with Gasteiger partial charge < -0.3 is 9.84 Å². The van der Waals surface area contributed by atoms with Crippen molar-refractivity contribution in [1.29, 1.82) is 0 Å². The summed E-state index contributed by atoms with van der Waals surface area (Å²) in [6, 6.07) is 4.24. The van der Waals surface area contributed by atoms with Gasteiger partial charge in [-0.15, -0.1) is 11.3 Å². The molecule has 1 fully saturated rings. The van der Waals surface area contributed by atoms with Crippen molar-refractivity contribution in [3.05, 3.63) is 22.4 Å². The van der Waals surface area contributed by atoms with Gasteiger partial charge >= 0.3 is 0 Å². The maximum Gasteiger partial charge on any atom is 0.0545 e. The van der Waals surface area contributed by atoms with Crippen molar-refractivity contribution in [2.45, 2.75) is 19.3 Å². The van der Waals surface area contributed by atoms with Gasteiger partial charge in [0, 0.05) is 16.9 Å². The third-order valence-electron chi connectivity index (χ3n) is 3.00. The fourth-order valence-corrected chi connectivity index (χ4v) is 2.60. The van der Waals surface area contributed by atoms with Crippen LogP contribution in [0.2, 0.25) is 0 Å². The van der Waals surface area contributed by atoms with Crippen LogP contribution in [-0.2, 0) is 11.2 Å². The number of hydrogen-bond acceptors (Lipinski definition) is 3. The van der Waals surface area contributed by atoms with Crippen molar-refractivity contribution < 1.29 is 9.84 Å². The zero-order valence-corrected chi connectivity index (χ0v) is 9.05. The number of aryl methyl sites for hydroxylation is 1. The third-order valence-corrected chi connectivity index (χ3v) is 3.94. The second kappa shape index (κ2) is 4.43.